The van der Waals surface area contributed by atoms with E-state index in [1.807, 2.05) is 0 Å². The van der Waals surface area contributed by atoms with Crippen molar-refractivity contribution in [2.45, 2.75) is 33.2 Å². The molecule has 1 rings (SSSR count). The maximum Gasteiger partial charge on any atom is 0.0791 e. The third kappa shape index (κ3) is 4.09. The molecule has 1 unspecified atom stereocenters. The number of hydrogen-bond donors (Lipinski definition) is 1. The molecule has 98 valence electrons. The van der Waals surface area contributed by atoms with E-state index in [0.29, 0.717) is 12.6 Å². The van der Waals surface area contributed by atoms with Gasteiger partial charge in [-0.25, -0.2) is 0 Å². The van der Waals surface area contributed by atoms with Gasteiger partial charge in [-0.2, -0.15) is 0 Å². The molecule has 0 aliphatic heterocycles. The first-order valence-electron chi connectivity index (χ1n) is 6.74. The van der Waals surface area contributed by atoms with Crippen LogP contribution in [0.3, 0.4) is 0 Å². The fourth-order valence-electron chi connectivity index (χ4n) is 1.95. The monoisotopic (exact) mass is 244 g/mol. The minimum atomic E-state index is 0.404. The van der Waals surface area contributed by atoms with E-state index >= 15 is 0 Å². The summed E-state index contributed by atoms with van der Waals surface area (Å²) in [4.78, 5) is 2.19. The van der Waals surface area contributed by atoms with Crippen molar-refractivity contribution < 1.29 is 0 Å². The topological polar surface area (TPSA) is 15.3 Å². The lowest BCUT2D eigenvalue weighted by Crippen LogP contribution is -2.23. The van der Waals surface area contributed by atoms with Gasteiger partial charge in [0.2, 0.25) is 0 Å². The van der Waals surface area contributed by atoms with Gasteiger partial charge in [0.1, 0.15) is 0 Å². The molecule has 0 aliphatic rings. The molecule has 0 radical (unpaired) electrons. The highest BCUT2D eigenvalue weighted by molar-refractivity contribution is 5.48. The van der Waals surface area contributed by atoms with Gasteiger partial charge < -0.3 is 10.2 Å². The molecule has 0 saturated carbocycles. The van der Waals surface area contributed by atoms with E-state index in [1.165, 1.54) is 11.3 Å². The largest absolute Gasteiger partial charge is 0.361 e. The molecule has 1 aromatic carbocycles. The summed E-state index contributed by atoms with van der Waals surface area (Å²) < 4.78 is 0. The lowest BCUT2D eigenvalue weighted by molar-refractivity contribution is 0.571. The van der Waals surface area contributed by atoms with Crippen LogP contribution in [0.1, 0.15) is 38.8 Å². The zero-order valence-corrected chi connectivity index (χ0v) is 11.7. The molecule has 0 fully saturated rings. The number of terminal acetylenes is 1. The van der Waals surface area contributed by atoms with Crippen molar-refractivity contribution in [2.24, 2.45) is 0 Å². The average molecular weight is 244 g/mol. The Kier molecular flexibility index (Phi) is 6.32. The zero-order chi connectivity index (χ0) is 13.4. The second-order valence-electron chi connectivity index (χ2n) is 4.49. The summed E-state index contributed by atoms with van der Waals surface area (Å²) in [5.74, 6) is 2.70. The molecule has 2 nitrogen and oxygen atoms in total. The third-order valence-corrected chi connectivity index (χ3v) is 3.12. The molecule has 1 N–H and O–H groups in total. The number of benzene rings is 1. The van der Waals surface area contributed by atoms with E-state index in [4.69, 9.17) is 6.42 Å². The highest BCUT2D eigenvalue weighted by Crippen LogP contribution is 2.18. The SMILES string of the molecule is C#CCN(CC)c1ccc(C(C)NCCC)cc1. The van der Waals surface area contributed by atoms with Crippen LogP contribution in [-0.2, 0) is 0 Å². The molecule has 1 aromatic rings. The Bertz CT molecular complexity index is 375. The third-order valence-electron chi connectivity index (χ3n) is 3.12. The van der Waals surface area contributed by atoms with E-state index in [0.717, 1.165) is 19.5 Å². The molecule has 0 spiro atoms. The number of nitrogens with zero attached hydrogens (tertiary/aromatic N) is 1. The average Bonchev–Trinajstić information content (AvgIpc) is 2.42. The van der Waals surface area contributed by atoms with Gasteiger partial charge in [-0.05, 0) is 44.5 Å². The fraction of sp³-hybridized carbons (Fsp3) is 0.500. The normalized spacial score (nSPS) is 11.9. The second kappa shape index (κ2) is 7.79. The summed E-state index contributed by atoms with van der Waals surface area (Å²) in [6, 6.07) is 9.08. The van der Waals surface area contributed by atoms with Gasteiger partial charge in [0, 0.05) is 18.3 Å². The minimum Gasteiger partial charge on any atom is -0.361 e. The van der Waals surface area contributed by atoms with Crippen molar-refractivity contribution in [1.82, 2.24) is 5.32 Å². The summed E-state index contributed by atoms with van der Waals surface area (Å²) in [6.07, 6.45) is 6.53. The molecular formula is C16H24N2. The van der Waals surface area contributed by atoms with Crippen LogP contribution in [0.5, 0.6) is 0 Å². The maximum atomic E-state index is 5.37. The smallest absolute Gasteiger partial charge is 0.0791 e. The highest BCUT2D eigenvalue weighted by atomic mass is 15.1. The van der Waals surface area contributed by atoms with Gasteiger partial charge in [0.25, 0.3) is 0 Å². The Morgan fingerprint density at radius 1 is 1.28 bits per heavy atom. The highest BCUT2D eigenvalue weighted by Gasteiger charge is 2.06. The number of nitrogens with one attached hydrogen (secondary N) is 1. The van der Waals surface area contributed by atoms with Crippen LogP contribution in [-0.4, -0.2) is 19.6 Å². The van der Waals surface area contributed by atoms with E-state index in [1.54, 1.807) is 0 Å². The van der Waals surface area contributed by atoms with Gasteiger partial charge in [0.05, 0.1) is 6.54 Å². The van der Waals surface area contributed by atoms with Crippen molar-refractivity contribution in [2.75, 3.05) is 24.5 Å². The van der Waals surface area contributed by atoms with E-state index in [-0.39, 0.29) is 0 Å². The summed E-state index contributed by atoms with van der Waals surface area (Å²) >= 11 is 0. The number of rotatable bonds is 7. The van der Waals surface area contributed by atoms with Crippen molar-refractivity contribution in [1.29, 1.82) is 0 Å². The maximum absolute atomic E-state index is 5.37. The Hall–Kier alpha value is -1.46. The molecule has 18 heavy (non-hydrogen) atoms. The molecule has 0 heterocycles. The van der Waals surface area contributed by atoms with Crippen LogP contribution in [0.15, 0.2) is 24.3 Å². The molecule has 0 saturated heterocycles. The standard InChI is InChI=1S/C16H24N2/c1-5-12-17-14(4)15-8-10-16(11-9-15)18(7-3)13-6-2/h2,8-11,14,17H,5,7,12-13H2,1,3-4H3. The summed E-state index contributed by atoms with van der Waals surface area (Å²) in [6.45, 7) is 9.16. The van der Waals surface area contributed by atoms with E-state index in [2.05, 4.69) is 61.2 Å². The quantitative estimate of drug-likeness (QED) is 0.741. The van der Waals surface area contributed by atoms with Crippen LogP contribution >= 0.6 is 0 Å². The van der Waals surface area contributed by atoms with Gasteiger partial charge in [-0.15, -0.1) is 6.42 Å². The van der Waals surface area contributed by atoms with Crippen LogP contribution in [0.4, 0.5) is 5.69 Å². The van der Waals surface area contributed by atoms with Gasteiger partial charge in [-0.3, -0.25) is 0 Å². The first-order valence-corrected chi connectivity index (χ1v) is 6.74. The lowest BCUT2D eigenvalue weighted by atomic mass is 10.1. The van der Waals surface area contributed by atoms with Crippen molar-refractivity contribution in [3.05, 3.63) is 29.8 Å². The Balaban J connectivity index is 2.70. The van der Waals surface area contributed by atoms with Gasteiger partial charge in [0.15, 0.2) is 0 Å². The van der Waals surface area contributed by atoms with Gasteiger partial charge in [-0.1, -0.05) is 25.0 Å². The first-order chi connectivity index (χ1) is 8.72. The molecule has 1 atom stereocenters. The lowest BCUT2D eigenvalue weighted by Gasteiger charge is -2.21. The van der Waals surface area contributed by atoms with E-state index < -0.39 is 0 Å². The Morgan fingerprint density at radius 2 is 1.94 bits per heavy atom. The molecular weight excluding hydrogens is 220 g/mol. The predicted octanol–water partition coefficient (Wildman–Crippen LogP) is 3.21. The molecule has 0 amide bonds. The molecule has 2 heteroatoms. The van der Waals surface area contributed by atoms with Gasteiger partial charge >= 0.3 is 0 Å². The minimum absolute atomic E-state index is 0.404. The number of anilines is 1. The summed E-state index contributed by atoms with van der Waals surface area (Å²) in [5, 5.41) is 3.49. The van der Waals surface area contributed by atoms with Crippen molar-refractivity contribution in [3.8, 4) is 12.3 Å². The summed E-state index contributed by atoms with van der Waals surface area (Å²) in [7, 11) is 0. The van der Waals surface area contributed by atoms with Crippen LogP contribution in [0.2, 0.25) is 0 Å². The van der Waals surface area contributed by atoms with Crippen LogP contribution in [0.25, 0.3) is 0 Å². The van der Waals surface area contributed by atoms with Crippen LogP contribution < -0.4 is 10.2 Å². The zero-order valence-electron chi connectivity index (χ0n) is 11.7. The summed E-state index contributed by atoms with van der Waals surface area (Å²) in [5.41, 5.74) is 2.52. The van der Waals surface area contributed by atoms with Crippen molar-refractivity contribution in [3.63, 3.8) is 0 Å². The molecule has 0 aliphatic carbocycles. The molecule has 0 bridgehead atoms. The first kappa shape index (κ1) is 14.6. The number of hydrogen-bond acceptors (Lipinski definition) is 2. The Labute approximate surface area is 111 Å². The van der Waals surface area contributed by atoms with E-state index in [9.17, 15) is 0 Å². The molecule has 0 aromatic heterocycles. The van der Waals surface area contributed by atoms with Crippen LogP contribution in [0, 0.1) is 12.3 Å². The predicted molar refractivity (Wildman–Crippen MR) is 79.9 cm³/mol. The second-order valence-corrected chi connectivity index (χ2v) is 4.49. The fourth-order valence-corrected chi connectivity index (χ4v) is 1.95. The van der Waals surface area contributed by atoms with Crippen molar-refractivity contribution >= 4 is 5.69 Å². The Morgan fingerprint density at radius 3 is 2.44 bits per heavy atom.